The molecule has 0 radical (unpaired) electrons. The number of rotatable bonds is 4. The van der Waals surface area contributed by atoms with Crippen LogP contribution in [0.25, 0.3) is 10.4 Å². The number of hydrogen-bond acceptors (Lipinski definition) is 2. The Morgan fingerprint density at radius 2 is 2.11 bits per heavy atom. The highest BCUT2D eigenvalue weighted by molar-refractivity contribution is 7.19. The van der Waals surface area contributed by atoms with Crippen LogP contribution in [0, 0.1) is 5.82 Å². The van der Waals surface area contributed by atoms with Gasteiger partial charge in [-0.05, 0) is 48.2 Å². The summed E-state index contributed by atoms with van der Waals surface area (Å²) in [6.07, 6.45) is 2.46. The molecule has 0 aliphatic heterocycles. The normalized spacial score (nSPS) is 15.0. The van der Waals surface area contributed by atoms with Gasteiger partial charge in [0.1, 0.15) is 5.82 Å². The molecular weight excluding hydrogens is 269 g/mol. The molecule has 1 N–H and O–H groups in total. The van der Waals surface area contributed by atoms with Gasteiger partial charge in [-0.1, -0.05) is 17.7 Å². The lowest BCUT2D eigenvalue weighted by Gasteiger charge is -2.09. The van der Waals surface area contributed by atoms with E-state index in [0.717, 1.165) is 20.3 Å². The van der Waals surface area contributed by atoms with Crippen LogP contribution in [0.15, 0.2) is 30.3 Å². The molecule has 1 aliphatic rings. The second-order valence-electron chi connectivity index (χ2n) is 4.56. The van der Waals surface area contributed by atoms with Crippen LogP contribution < -0.4 is 5.32 Å². The van der Waals surface area contributed by atoms with Crippen molar-refractivity contribution in [3.05, 3.63) is 46.0 Å². The van der Waals surface area contributed by atoms with Crippen LogP contribution in [0.4, 0.5) is 4.39 Å². The van der Waals surface area contributed by atoms with Crippen molar-refractivity contribution in [3.63, 3.8) is 0 Å². The summed E-state index contributed by atoms with van der Waals surface area (Å²) in [5, 5.41) is 3.42. The van der Waals surface area contributed by atoms with Gasteiger partial charge in [-0.2, -0.15) is 0 Å². The molecule has 18 heavy (non-hydrogen) atoms. The second kappa shape index (κ2) is 5.00. The van der Waals surface area contributed by atoms with Crippen LogP contribution >= 0.6 is 22.9 Å². The van der Waals surface area contributed by atoms with Crippen LogP contribution in [0.1, 0.15) is 18.4 Å². The minimum absolute atomic E-state index is 0.186. The van der Waals surface area contributed by atoms with E-state index in [2.05, 4.69) is 5.32 Å². The smallest absolute Gasteiger partial charge is 0.123 e. The van der Waals surface area contributed by atoms with Gasteiger partial charge >= 0.3 is 0 Å². The van der Waals surface area contributed by atoms with Crippen LogP contribution in [-0.2, 0) is 6.54 Å². The van der Waals surface area contributed by atoms with E-state index >= 15 is 0 Å². The average Bonchev–Trinajstić information content (AvgIpc) is 3.08. The molecule has 0 unspecified atom stereocenters. The minimum atomic E-state index is -0.186. The summed E-state index contributed by atoms with van der Waals surface area (Å²) < 4.78 is 14.1. The van der Waals surface area contributed by atoms with E-state index < -0.39 is 0 Å². The molecule has 3 rings (SSSR count). The lowest BCUT2D eigenvalue weighted by atomic mass is 10.1. The second-order valence-corrected chi connectivity index (χ2v) is 6.28. The highest BCUT2D eigenvalue weighted by Crippen LogP contribution is 2.33. The molecule has 0 amide bonds. The first kappa shape index (κ1) is 12.2. The van der Waals surface area contributed by atoms with E-state index in [1.807, 2.05) is 18.2 Å². The molecule has 0 saturated heterocycles. The summed E-state index contributed by atoms with van der Waals surface area (Å²) in [7, 11) is 0. The van der Waals surface area contributed by atoms with E-state index in [9.17, 15) is 4.39 Å². The zero-order chi connectivity index (χ0) is 12.5. The van der Waals surface area contributed by atoms with E-state index in [4.69, 9.17) is 11.6 Å². The molecule has 1 aromatic heterocycles. The molecule has 1 aliphatic carbocycles. The molecule has 1 aromatic carbocycles. The van der Waals surface area contributed by atoms with E-state index in [-0.39, 0.29) is 5.82 Å². The Kier molecular flexibility index (Phi) is 3.37. The lowest BCUT2D eigenvalue weighted by Crippen LogP contribution is -2.15. The zero-order valence-electron chi connectivity index (χ0n) is 9.75. The highest BCUT2D eigenvalue weighted by Gasteiger charge is 2.20. The monoisotopic (exact) mass is 281 g/mol. The molecule has 0 atom stereocenters. The third-order valence-electron chi connectivity index (χ3n) is 3.06. The molecule has 4 heteroatoms. The third-order valence-corrected chi connectivity index (χ3v) is 4.33. The van der Waals surface area contributed by atoms with E-state index in [1.165, 1.54) is 30.2 Å². The van der Waals surface area contributed by atoms with Crippen molar-refractivity contribution in [2.24, 2.45) is 0 Å². The largest absolute Gasteiger partial charge is 0.310 e. The summed E-state index contributed by atoms with van der Waals surface area (Å²) >= 11 is 7.49. The van der Waals surface area contributed by atoms with Crippen LogP contribution in [-0.4, -0.2) is 6.04 Å². The molecule has 1 fully saturated rings. The van der Waals surface area contributed by atoms with Crippen LogP contribution in [0.2, 0.25) is 4.34 Å². The van der Waals surface area contributed by atoms with Gasteiger partial charge < -0.3 is 5.32 Å². The van der Waals surface area contributed by atoms with Crippen molar-refractivity contribution < 1.29 is 4.39 Å². The molecule has 1 saturated carbocycles. The first-order chi connectivity index (χ1) is 8.72. The Labute approximate surface area is 115 Å². The summed E-state index contributed by atoms with van der Waals surface area (Å²) in [4.78, 5) is 1.09. The maximum Gasteiger partial charge on any atom is 0.123 e. The fraction of sp³-hybridized carbons (Fsp3) is 0.286. The summed E-state index contributed by atoms with van der Waals surface area (Å²) in [6.45, 7) is 0.716. The van der Waals surface area contributed by atoms with E-state index in [0.29, 0.717) is 12.6 Å². The summed E-state index contributed by atoms with van der Waals surface area (Å²) in [5.41, 5.74) is 2.07. The molecule has 0 spiro atoms. The molecule has 2 aromatic rings. The lowest BCUT2D eigenvalue weighted by molar-refractivity contribution is 0.620. The third kappa shape index (κ3) is 2.74. The number of hydrogen-bond donors (Lipinski definition) is 1. The van der Waals surface area contributed by atoms with Crippen molar-refractivity contribution in [2.45, 2.75) is 25.4 Å². The summed E-state index contributed by atoms with van der Waals surface area (Å²) in [6, 6.07) is 9.43. The zero-order valence-corrected chi connectivity index (χ0v) is 11.3. The van der Waals surface area contributed by atoms with Crippen molar-refractivity contribution in [1.29, 1.82) is 0 Å². The van der Waals surface area contributed by atoms with Gasteiger partial charge in [0.15, 0.2) is 0 Å². The molecule has 0 bridgehead atoms. The first-order valence-electron chi connectivity index (χ1n) is 6.00. The maximum absolute atomic E-state index is 13.4. The van der Waals surface area contributed by atoms with Crippen molar-refractivity contribution in [1.82, 2.24) is 5.32 Å². The van der Waals surface area contributed by atoms with Crippen molar-refractivity contribution in [3.8, 4) is 10.4 Å². The van der Waals surface area contributed by atoms with Crippen LogP contribution in [0.5, 0.6) is 0 Å². The van der Waals surface area contributed by atoms with Gasteiger partial charge in [0, 0.05) is 17.5 Å². The predicted molar refractivity (Wildman–Crippen MR) is 74.6 cm³/mol. The van der Waals surface area contributed by atoms with Crippen molar-refractivity contribution >= 4 is 22.9 Å². The Morgan fingerprint density at radius 1 is 1.28 bits per heavy atom. The van der Waals surface area contributed by atoms with Gasteiger partial charge in [0.05, 0.1) is 4.34 Å². The molecular formula is C14H13ClFNS. The first-order valence-corrected chi connectivity index (χ1v) is 7.19. The van der Waals surface area contributed by atoms with Gasteiger partial charge in [-0.25, -0.2) is 4.39 Å². The number of halogens is 2. The maximum atomic E-state index is 13.4. The van der Waals surface area contributed by atoms with Gasteiger partial charge in [0.25, 0.3) is 0 Å². The van der Waals surface area contributed by atoms with Crippen molar-refractivity contribution in [2.75, 3.05) is 0 Å². The SMILES string of the molecule is Fc1ccc(-c2ccc(Cl)s2)c(CNC2CC2)c1. The van der Waals surface area contributed by atoms with Gasteiger partial charge in [-0.3, -0.25) is 0 Å². The minimum Gasteiger partial charge on any atom is -0.310 e. The quantitative estimate of drug-likeness (QED) is 0.872. The molecule has 1 nitrogen and oxygen atoms in total. The number of nitrogens with one attached hydrogen (secondary N) is 1. The number of thiophene rings is 1. The van der Waals surface area contributed by atoms with Gasteiger partial charge in [0.2, 0.25) is 0 Å². The summed E-state index contributed by atoms with van der Waals surface area (Å²) in [5.74, 6) is -0.186. The Morgan fingerprint density at radius 3 is 2.78 bits per heavy atom. The Balaban J connectivity index is 1.91. The predicted octanol–water partition coefficient (Wildman–Crippen LogP) is 4.46. The van der Waals surface area contributed by atoms with Crippen LogP contribution in [0.3, 0.4) is 0 Å². The highest BCUT2D eigenvalue weighted by atomic mass is 35.5. The van der Waals surface area contributed by atoms with E-state index in [1.54, 1.807) is 6.07 Å². The fourth-order valence-corrected chi connectivity index (χ4v) is 3.05. The fourth-order valence-electron chi connectivity index (χ4n) is 1.95. The topological polar surface area (TPSA) is 12.0 Å². The Hall–Kier alpha value is -0.900. The van der Waals surface area contributed by atoms with Gasteiger partial charge in [-0.15, -0.1) is 11.3 Å². The molecule has 94 valence electrons. The molecule has 1 heterocycles. The number of benzene rings is 1. The standard InChI is InChI=1S/C14H13ClFNS/c15-14-6-5-13(18-14)12-4-1-10(16)7-9(12)8-17-11-2-3-11/h1,4-7,11,17H,2-3,8H2. The average molecular weight is 282 g/mol. The Bertz CT molecular complexity index is 563.